The van der Waals surface area contributed by atoms with Gasteiger partial charge in [0.05, 0.1) is 17.6 Å². The highest BCUT2D eigenvalue weighted by atomic mass is 79.9. The molecule has 28 heavy (non-hydrogen) atoms. The van der Waals surface area contributed by atoms with Crippen LogP contribution in [0.1, 0.15) is 18.4 Å². The summed E-state index contributed by atoms with van der Waals surface area (Å²) in [5.41, 5.74) is 4.58. The monoisotopic (exact) mass is 434 g/mol. The van der Waals surface area contributed by atoms with Crippen LogP contribution in [0.2, 0.25) is 0 Å². The van der Waals surface area contributed by atoms with Gasteiger partial charge in [0.2, 0.25) is 0 Å². The molecule has 0 radical (unpaired) electrons. The molecule has 3 nitrogen and oxygen atoms in total. The molecule has 0 atom stereocenters. The molecule has 1 heterocycles. The van der Waals surface area contributed by atoms with Crippen LogP contribution in [0.4, 0.5) is 0 Å². The van der Waals surface area contributed by atoms with Gasteiger partial charge in [0, 0.05) is 16.6 Å². The molecule has 0 unspecified atom stereocenters. The molecule has 0 amide bonds. The van der Waals surface area contributed by atoms with Crippen molar-refractivity contribution in [1.82, 2.24) is 9.55 Å². The molecule has 0 bridgehead atoms. The van der Waals surface area contributed by atoms with Gasteiger partial charge in [0.15, 0.2) is 0 Å². The van der Waals surface area contributed by atoms with Gasteiger partial charge in [-0.05, 0) is 61.7 Å². The van der Waals surface area contributed by atoms with E-state index in [4.69, 9.17) is 9.72 Å². The van der Waals surface area contributed by atoms with Crippen LogP contribution in [0.5, 0.6) is 5.75 Å². The summed E-state index contributed by atoms with van der Waals surface area (Å²) in [7, 11) is 0. The molecular formula is C24H23BrN2O. The van der Waals surface area contributed by atoms with Gasteiger partial charge < -0.3 is 9.30 Å². The fourth-order valence-electron chi connectivity index (χ4n) is 3.39. The van der Waals surface area contributed by atoms with Crippen molar-refractivity contribution in [3.63, 3.8) is 0 Å². The standard InChI is InChI=1S/C24H23BrN2O/c1-18-7-6-8-21(17-18)28-16-5-4-15-27-23-10-3-2-9-22(23)26-24(27)19-11-13-20(25)14-12-19/h2-3,6-14,17H,4-5,15-16H2,1H3. The molecule has 1 aromatic heterocycles. The Morgan fingerprint density at radius 1 is 0.929 bits per heavy atom. The van der Waals surface area contributed by atoms with Gasteiger partial charge in [-0.15, -0.1) is 0 Å². The van der Waals surface area contributed by atoms with E-state index >= 15 is 0 Å². The number of nitrogens with zero attached hydrogens (tertiary/aromatic N) is 2. The number of hydrogen-bond donors (Lipinski definition) is 0. The Kier molecular flexibility index (Phi) is 5.77. The van der Waals surface area contributed by atoms with E-state index in [1.54, 1.807) is 0 Å². The lowest BCUT2D eigenvalue weighted by atomic mass is 10.2. The Bertz CT molecular complexity index is 1070. The minimum absolute atomic E-state index is 0.726. The summed E-state index contributed by atoms with van der Waals surface area (Å²) in [5.74, 6) is 1.97. The van der Waals surface area contributed by atoms with Gasteiger partial charge >= 0.3 is 0 Å². The van der Waals surface area contributed by atoms with Gasteiger partial charge in [-0.2, -0.15) is 0 Å². The van der Waals surface area contributed by atoms with Crippen LogP contribution >= 0.6 is 15.9 Å². The predicted octanol–water partition coefficient (Wildman–Crippen LogP) is 6.63. The third-order valence-electron chi connectivity index (χ3n) is 4.79. The number of fused-ring (bicyclic) bond motifs is 1. The van der Waals surface area contributed by atoms with Crippen LogP contribution in [0.3, 0.4) is 0 Å². The molecule has 0 aliphatic carbocycles. The van der Waals surface area contributed by atoms with Crippen LogP contribution in [-0.2, 0) is 6.54 Å². The first-order chi connectivity index (χ1) is 13.7. The second-order valence-corrected chi connectivity index (χ2v) is 7.87. The number of aromatic nitrogens is 2. The highest BCUT2D eigenvalue weighted by Crippen LogP contribution is 2.26. The quantitative estimate of drug-likeness (QED) is 0.305. The zero-order chi connectivity index (χ0) is 19.3. The van der Waals surface area contributed by atoms with E-state index in [2.05, 4.69) is 82.0 Å². The van der Waals surface area contributed by atoms with Crippen LogP contribution in [0.15, 0.2) is 77.3 Å². The molecular weight excluding hydrogens is 412 g/mol. The Labute approximate surface area is 174 Å². The number of halogens is 1. The molecule has 0 N–H and O–H groups in total. The lowest BCUT2D eigenvalue weighted by Gasteiger charge is -2.11. The second-order valence-electron chi connectivity index (χ2n) is 6.95. The molecule has 0 aliphatic heterocycles. The molecule has 0 saturated heterocycles. The number of hydrogen-bond acceptors (Lipinski definition) is 2. The van der Waals surface area contributed by atoms with E-state index in [0.29, 0.717) is 0 Å². The van der Waals surface area contributed by atoms with Crippen molar-refractivity contribution in [3.8, 4) is 17.1 Å². The molecule has 0 aliphatic rings. The maximum Gasteiger partial charge on any atom is 0.141 e. The van der Waals surface area contributed by atoms with Crippen LogP contribution in [-0.4, -0.2) is 16.2 Å². The van der Waals surface area contributed by atoms with Crippen LogP contribution < -0.4 is 4.74 Å². The fourth-order valence-corrected chi connectivity index (χ4v) is 3.65. The maximum atomic E-state index is 5.89. The Morgan fingerprint density at radius 3 is 2.57 bits per heavy atom. The number of benzene rings is 3. The Hall–Kier alpha value is -2.59. The molecule has 3 aromatic carbocycles. The summed E-state index contributed by atoms with van der Waals surface area (Å²) < 4.78 is 9.29. The molecule has 4 rings (SSSR count). The molecule has 0 spiro atoms. The van der Waals surface area contributed by atoms with Gasteiger partial charge in [-0.1, -0.05) is 52.3 Å². The zero-order valence-electron chi connectivity index (χ0n) is 15.9. The van der Waals surface area contributed by atoms with Crippen molar-refractivity contribution in [2.24, 2.45) is 0 Å². The zero-order valence-corrected chi connectivity index (χ0v) is 17.5. The van der Waals surface area contributed by atoms with E-state index in [1.165, 1.54) is 11.1 Å². The second kappa shape index (κ2) is 8.61. The average Bonchev–Trinajstić information content (AvgIpc) is 3.07. The van der Waals surface area contributed by atoms with Gasteiger partial charge in [0.25, 0.3) is 0 Å². The van der Waals surface area contributed by atoms with Crippen molar-refractivity contribution < 1.29 is 4.74 Å². The molecule has 4 aromatic rings. The predicted molar refractivity (Wildman–Crippen MR) is 119 cm³/mol. The smallest absolute Gasteiger partial charge is 0.141 e. The first-order valence-corrected chi connectivity index (χ1v) is 10.4. The van der Waals surface area contributed by atoms with Crippen LogP contribution in [0.25, 0.3) is 22.4 Å². The largest absolute Gasteiger partial charge is 0.494 e. The summed E-state index contributed by atoms with van der Waals surface area (Å²) in [5, 5.41) is 0. The third-order valence-corrected chi connectivity index (χ3v) is 5.32. The Balaban J connectivity index is 1.46. The Morgan fingerprint density at radius 2 is 1.75 bits per heavy atom. The van der Waals surface area contributed by atoms with Crippen molar-refractivity contribution in [2.45, 2.75) is 26.3 Å². The third kappa shape index (κ3) is 4.28. The maximum absolute atomic E-state index is 5.89. The number of ether oxygens (including phenoxy) is 1. The molecule has 4 heteroatoms. The van der Waals surface area contributed by atoms with Gasteiger partial charge in [-0.25, -0.2) is 4.98 Å². The first-order valence-electron chi connectivity index (χ1n) is 9.61. The number of unbranched alkanes of at least 4 members (excludes halogenated alkanes) is 1. The highest BCUT2D eigenvalue weighted by Gasteiger charge is 2.12. The highest BCUT2D eigenvalue weighted by molar-refractivity contribution is 9.10. The normalized spacial score (nSPS) is 11.1. The van der Waals surface area contributed by atoms with Crippen molar-refractivity contribution >= 4 is 27.0 Å². The number of aryl methyl sites for hydroxylation is 2. The van der Waals surface area contributed by atoms with Crippen molar-refractivity contribution in [1.29, 1.82) is 0 Å². The molecule has 0 fully saturated rings. The van der Waals surface area contributed by atoms with Crippen molar-refractivity contribution in [3.05, 3.63) is 82.8 Å². The van der Waals surface area contributed by atoms with E-state index in [-0.39, 0.29) is 0 Å². The fraction of sp³-hybridized carbons (Fsp3) is 0.208. The topological polar surface area (TPSA) is 27.1 Å². The van der Waals surface area contributed by atoms with Gasteiger partial charge in [-0.3, -0.25) is 0 Å². The lowest BCUT2D eigenvalue weighted by Crippen LogP contribution is -2.04. The minimum atomic E-state index is 0.726. The summed E-state index contributed by atoms with van der Waals surface area (Å²) in [6, 6.07) is 24.9. The number of rotatable bonds is 7. The summed E-state index contributed by atoms with van der Waals surface area (Å²) in [4.78, 5) is 4.89. The first kappa shape index (κ1) is 18.8. The van der Waals surface area contributed by atoms with E-state index < -0.39 is 0 Å². The lowest BCUT2D eigenvalue weighted by molar-refractivity contribution is 0.303. The molecule has 142 valence electrons. The number of imidazole rings is 1. The number of para-hydroxylation sites is 2. The average molecular weight is 435 g/mol. The summed E-state index contributed by atoms with van der Waals surface area (Å²) in [6.07, 6.45) is 2.04. The van der Waals surface area contributed by atoms with E-state index in [9.17, 15) is 0 Å². The minimum Gasteiger partial charge on any atom is -0.494 e. The summed E-state index contributed by atoms with van der Waals surface area (Å²) >= 11 is 3.51. The van der Waals surface area contributed by atoms with Crippen molar-refractivity contribution in [2.75, 3.05) is 6.61 Å². The van der Waals surface area contributed by atoms with Crippen LogP contribution in [0, 0.1) is 6.92 Å². The van der Waals surface area contributed by atoms with Gasteiger partial charge in [0.1, 0.15) is 11.6 Å². The van der Waals surface area contributed by atoms with E-state index in [0.717, 1.165) is 53.1 Å². The summed E-state index contributed by atoms with van der Waals surface area (Å²) in [6.45, 7) is 3.73. The molecule has 0 saturated carbocycles. The van der Waals surface area contributed by atoms with E-state index in [1.807, 2.05) is 18.2 Å². The SMILES string of the molecule is Cc1cccc(OCCCCn2c(-c3ccc(Br)cc3)nc3ccccc32)c1.